The third kappa shape index (κ3) is 2.66. The highest BCUT2D eigenvalue weighted by Gasteiger charge is 2.50. The highest BCUT2D eigenvalue weighted by Crippen LogP contribution is 2.43. The first-order valence-corrected chi connectivity index (χ1v) is 8.70. The van der Waals surface area contributed by atoms with Crippen molar-refractivity contribution in [2.45, 2.75) is 12.0 Å². The Morgan fingerprint density at radius 1 is 1.38 bits per heavy atom. The van der Waals surface area contributed by atoms with Crippen LogP contribution in [0, 0.1) is 0 Å². The summed E-state index contributed by atoms with van der Waals surface area (Å²) in [4.78, 5) is 26.7. The van der Waals surface area contributed by atoms with Gasteiger partial charge in [0.2, 0.25) is 5.78 Å². The van der Waals surface area contributed by atoms with E-state index in [1.807, 2.05) is 0 Å². The third-order valence-electron chi connectivity index (χ3n) is 3.89. The average molecular weight is 455 g/mol. The van der Waals surface area contributed by atoms with E-state index in [-0.39, 0.29) is 12.3 Å². The van der Waals surface area contributed by atoms with Gasteiger partial charge >= 0.3 is 0 Å². The van der Waals surface area contributed by atoms with Crippen molar-refractivity contribution in [3.63, 3.8) is 0 Å². The Kier molecular flexibility index (Phi) is 4.50. The number of hydrogen-bond donors (Lipinski definition) is 1. The molecule has 5 nitrogen and oxygen atoms in total. The van der Waals surface area contributed by atoms with Crippen molar-refractivity contribution in [2.24, 2.45) is 0 Å². The molecule has 24 heavy (non-hydrogen) atoms. The first-order valence-electron chi connectivity index (χ1n) is 7.11. The molecule has 0 saturated heterocycles. The van der Waals surface area contributed by atoms with Crippen LogP contribution in [-0.2, 0) is 10.4 Å². The van der Waals surface area contributed by atoms with Crippen molar-refractivity contribution in [3.05, 3.63) is 63.5 Å². The summed E-state index contributed by atoms with van der Waals surface area (Å²) in [5.41, 5.74) is -0.919. The number of rotatable bonds is 5. The van der Waals surface area contributed by atoms with E-state index in [1.165, 1.54) is 11.0 Å². The molecule has 0 bridgehead atoms. The number of carbonyl (C=O) groups is 2. The predicted octanol–water partition coefficient (Wildman–Crippen LogP) is 3.80. The maximum absolute atomic E-state index is 12.7. The molecule has 0 spiro atoms. The van der Waals surface area contributed by atoms with Gasteiger partial charge in [0.1, 0.15) is 0 Å². The lowest BCUT2D eigenvalue weighted by molar-refractivity contribution is -0.135. The van der Waals surface area contributed by atoms with Crippen LogP contribution in [0.15, 0.2) is 56.5 Å². The smallest absolute Gasteiger partial charge is 0.264 e. The predicted molar refractivity (Wildman–Crippen MR) is 95.9 cm³/mol. The number of fused-ring (bicyclic) bond motifs is 1. The fourth-order valence-corrected chi connectivity index (χ4v) is 3.37. The van der Waals surface area contributed by atoms with Gasteiger partial charge < -0.3 is 14.4 Å². The van der Waals surface area contributed by atoms with E-state index in [9.17, 15) is 14.7 Å². The second-order valence-electron chi connectivity index (χ2n) is 5.41. The summed E-state index contributed by atoms with van der Waals surface area (Å²) in [6.07, 6.45) is 1.17. The maximum atomic E-state index is 12.7. The molecule has 0 aliphatic carbocycles. The standard InChI is InChI=1S/C17H13Br2NO4/c1-2-7-20-12-6-4-3-5-10(12)17(23,16(20)22)9-13(21)14-8-11(18)15(19)24-14/h2-6,8,23H,1,7,9H2/t17-/m1/s1. The Labute approximate surface area is 155 Å². The van der Waals surface area contributed by atoms with E-state index < -0.39 is 23.7 Å². The molecule has 1 atom stereocenters. The number of amides is 1. The molecule has 2 aromatic rings. The number of hydrogen-bond acceptors (Lipinski definition) is 4. The summed E-state index contributed by atoms with van der Waals surface area (Å²) < 4.78 is 6.26. The number of benzene rings is 1. The number of furan rings is 1. The lowest BCUT2D eigenvalue weighted by Gasteiger charge is -2.21. The molecular formula is C17H13Br2NO4. The van der Waals surface area contributed by atoms with Crippen molar-refractivity contribution < 1.29 is 19.1 Å². The number of halogens is 2. The van der Waals surface area contributed by atoms with Crippen LogP contribution in [0.3, 0.4) is 0 Å². The summed E-state index contributed by atoms with van der Waals surface area (Å²) >= 11 is 6.40. The fraction of sp³-hybridized carbons (Fsp3) is 0.176. The zero-order valence-corrected chi connectivity index (χ0v) is 15.6. The molecule has 2 heterocycles. The second-order valence-corrected chi connectivity index (χ2v) is 6.99. The average Bonchev–Trinajstić information content (AvgIpc) is 3.00. The number of carbonyl (C=O) groups excluding carboxylic acids is 2. The number of para-hydroxylation sites is 1. The molecule has 1 N–H and O–H groups in total. The molecule has 1 aromatic heterocycles. The normalized spacial score (nSPS) is 19.5. The minimum absolute atomic E-state index is 0.0645. The Morgan fingerprint density at radius 2 is 2.08 bits per heavy atom. The van der Waals surface area contributed by atoms with Gasteiger partial charge in [0.25, 0.3) is 5.91 Å². The van der Waals surface area contributed by atoms with Gasteiger partial charge in [-0.25, -0.2) is 0 Å². The quantitative estimate of drug-likeness (QED) is 0.551. The summed E-state index contributed by atoms with van der Waals surface area (Å²) in [6.45, 7) is 3.89. The van der Waals surface area contributed by atoms with Gasteiger partial charge in [0.05, 0.1) is 16.6 Å². The van der Waals surface area contributed by atoms with E-state index in [0.29, 0.717) is 20.4 Å². The van der Waals surface area contributed by atoms with Crippen molar-refractivity contribution in [3.8, 4) is 0 Å². The molecule has 0 saturated carbocycles. The van der Waals surface area contributed by atoms with E-state index in [0.717, 1.165) is 0 Å². The van der Waals surface area contributed by atoms with Crippen molar-refractivity contribution in [1.82, 2.24) is 0 Å². The Morgan fingerprint density at radius 3 is 2.71 bits per heavy atom. The number of Topliss-reactive ketones (excluding diaryl/α,β-unsaturated/α-hetero) is 1. The second kappa shape index (κ2) is 6.31. The zero-order valence-electron chi connectivity index (χ0n) is 12.5. The molecule has 1 aromatic carbocycles. The lowest BCUT2D eigenvalue weighted by Crippen LogP contribution is -2.41. The van der Waals surface area contributed by atoms with Gasteiger partial charge in [-0.05, 0) is 37.9 Å². The number of anilines is 1. The van der Waals surface area contributed by atoms with E-state index in [4.69, 9.17) is 4.42 Å². The topological polar surface area (TPSA) is 70.8 Å². The molecule has 0 unspecified atom stereocenters. The number of aliphatic hydroxyl groups is 1. The molecule has 0 fully saturated rings. The molecule has 1 aliphatic heterocycles. The Balaban J connectivity index is 1.98. The Bertz CT molecular complexity index is 825. The van der Waals surface area contributed by atoms with Crippen LogP contribution in [0.2, 0.25) is 0 Å². The van der Waals surface area contributed by atoms with Gasteiger partial charge in [-0.1, -0.05) is 24.3 Å². The van der Waals surface area contributed by atoms with E-state index in [2.05, 4.69) is 38.4 Å². The van der Waals surface area contributed by atoms with Crippen LogP contribution < -0.4 is 4.90 Å². The highest BCUT2D eigenvalue weighted by molar-refractivity contribution is 9.13. The monoisotopic (exact) mass is 453 g/mol. The summed E-state index contributed by atoms with van der Waals surface area (Å²) in [7, 11) is 0. The molecule has 7 heteroatoms. The maximum Gasteiger partial charge on any atom is 0.264 e. The number of ketones is 1. The van der Waals surface area contributed by atoms with Crippen LogP contribution >= 0.6 is 31.9 Å². The third-order valence-corrected chi connectivity index (χ3v) is 5.60. The van der Waals surface area contributed by atoms with Crippen LogP contribution in [0.1, 0.15) is 22.5 Å². The van der Waals surface area contributed by atoms with Crippen LogP contribution in [0.25, 0.3) is 0 Å². The summed E-state index contributed by atoms with van der Waals surface area (Å²) in [5, 5.41) is 11.0. The van der Waals surface area contributed by atoms with Crippen molar-refractivity contribution >= 4 is 49.2 Å². The molecule has 1 aliphatic rings. The molecule has 1 amide bonds. The van der Waals surface area contributed by atoms with E-state index >= 15 is 0 Å². The van der Waals surface area contributed by atoms with Crippen molar-refractivity contribution in [2.75, 3.05) is 11.4 Å². The summed E-state index contributed by atoms with van der Waals surface area (Å²) in [5.74, 6) is -0.941. The highest BCUT2D eigenvalue weighted by atomic mass is 79.9. The SMILES string of the molecule is C=CCN1C(=O)[C@@](O)(CC(=O)c2cc(Br)c(Br)o2)c2ccccc21. The minimum atomic E-state index is -1.91. The molecule has 3 rings (SSSR count). The van der Waals surface area contributed by atoms with Gasteiger partial charge in [0, 0.05) is 18.2 Å². The van der Waals surface area contributed by atoms with Gasteiger partial charge in [-0.15, -0.1) is 6.58 Å². The zero-order chi connectivity index (χ0) is 17.5. The van der Waals surface area contributed by atoms with Gasteiger partial charge in [-0.2, -0.15) is 0 Å². The molecular weight excluding hydrogens is 442 g/mol. The van der Waals surface area contributed by atoms with Crippen LogP contribution in [0.4, 0.5) is 5.69 Å². The van der Waals surface area contributed by atoms with Gasteiger partial charge in [-0.3, -0.25) is 9.59 Å². The first-order chi connectivity index (χ1) is 11.4. The summed E-state index contributed by atoms with van der Waals surface area (Å²) in [6, 6.07) is 8.38. The van der Waals surface area contributed by atoms with Crippen molar-refractivity contribution in [1.29, 1.82) is 0 Å². The molecule has 124 valence electrons. The van der Waals surface area contributed by atoms with E-state index in [1.54, 1.807) is 30.3 Å². The minimum Gasteiger partial charge on any atom is -0.445 e. The van der Waals surface area contributed by atoms with Crippen LogP contribution in [-0.4, -0.2) is 23.3 Å². The fourth-order valence-electron chi connectivity index (χ4n) is 2.79. The largest absolute Gasteiger partial charge is 0.445 e. The van der Waals surface area contributed by atoms with Gasteiger partial charge in [0.15, 0.2) is 16.0 Å². The Hall–Kier alpha value is -1.70. The molecule has 0 radical (unpaired) electrons. The lowest BCUT2D eigenvalue weighted by atomic mass is 9.89. The van der Waals surface area contributed by atoms with Crippen LogP contribution in [0.5, 0.6) is 0 Å². The first kappa shape index (κ1) is 17.1. The number of nitrogens with zero attached hydrogens (tertiary/aromatic N) is 1.